The number of hydrogen-bond acceptors (Lipinski definition) is 0. The predicted octanol–water partition coefficient (Wildman–Crippen LogP) is 10.2. The summed E-state index contributed by atoms with van der Waals surface area (Å²) in [5.74, 6) is -85.5. The second-order valence-electron chi connectivity index (χ2n) is 8.71. The lowest BCUT2D eigenvalue weighted by atomic mass is 9.87. The Bertz CT molecular complexity index is 1090. The summed E-state index contributed by atoms with van der Waals surface area (Å²) in [4.78, 5) is 0. The van der Waals surface area contributed by atoms with Crippen molar-refractivity contribution in [1.29, 1.82) is 0 Å². The SMILES string of the molecule is CC(F)(F)C(F)(F)C(F)(F)C(F)(F)C(F)(F)C(F)(F)c1ccc(C(F)(F)C(F)(F)C(F)(F)C(F)(F)C(F)(F)C(F)(F)F)cc1. The van der Waals surface area contributed by atoms with Gasteiger partial charge in [0.15, 0.2) is 0 Å². The highest BCUT2D eigenvalue weighted by Gasteiger charge is 2.91. The molecule has 0 amide bonds. The van der Waals surface area contributed by atoms with Gasteiger partial charge < -0.3 is 0 Å². The molecule has 1 rings (SSSR count). The van der Waals surface area contributed by atoms with Gasteiger partial charge in [-0.3, -0.25) is 0 Å². The van der Waals surface area contributed by atoms with Crippen LogP contribution in [0.4, 0.5) is 110 Å². The molecule has 0 saturated carbocycles. The van der Waals surface area contributed by atoms with Gasteiger partial charge >= 0.3 is 71.3 Å². The molecule has 0 unspecified atom stereocenters. The molecule has 258 valence electrons. The fourth-order valence-corrected chi connectivity index (χ4v) is 2.89. The summed E-state index contributed by atoms with van der Waals surface area (Å²) in [6.07, 6.45) is -7.81. The monoisotopic (exact) mass is 710 g/mol. The topological polar surface area (TPSA) is 0 Å². The van der Waals surface area contributed by atoms with E-state index in [4.69, 9.17) is 0 Å². The van der Waals surface area contributed by atoms with Gasteiger partial charge in [-0.2, -0.15) is 110 Å². The Morgan fingerprint density at radius 3 is 0.705 bits per heavy atom. The van der Waals surface area contributed by atoms with E-state index in [-0.39, 0.29) is 0 Å². The quantitative estimate of drug-likeness (QED) is 0.201. The van der Waals surface area contributed by atoms with Gasteiger partial charge in [-0.05, 0) is 0 Å². The standard InChI is InChI=1S/C19H7F25/c1-8(20,21)11(26,27)14(32,33)15(34,35)12(28,29)9(22,23)6-2-4-7(5-3-6)10(24,25)13(30,31)16(36,37)17(38,39)18(40,41)19(42,43)44/h2-5H,1H3. The van der Waals surface area contributed by atoms with Crippen LogP contribution < -0.4 is 0 Å². The summed E-state index contributed by atoms with van der Waals surface area (Å²) >= 11 is 0. The van der Waals surface area contributed by atoms with E-state index in [0.717, 1.165) is 0 Å². The van der Waals surface area contributed by atoms with Crippen LogP contribution in [0.3, 0.4) is 0 Å². The van der Waals surface area contributed by atoms with Gasteiger partial charge in [-0.25, -0.2) is 0 Å². The molecular weight excluding hydrogens is 703 g/mol. The number of benzene rings is 1. The molecule has 0 nitrogen and oxygen atoms in total. The first-order valence-corrected chi connectivity index (χ1v) is 10.0. The zero-order valence-corrected chi connectivity index (χ0v) is 19.8. The van der Waals surface area contributed by atoms with Crippen molar-refractivity contribution >= 4 is 0 Å². The summed E-state index contributed by atoms with van der Waals surface area (Å²) in [6.45, 7) is -1.24. The largest absolute Gasteiger partial charge is 0.460 e. The fourth-order valence-electron chi connectivity index (χ4n) is 2.89. The van der Waals surface area contributed by atoms with Crippen LogP contribution in [0.2, 0.25) is 0 Å². The molecule has 0 atom stereocenters. The molecule has 0 fully saturated rings. The van der Waals surface area contributed by atoms with E-state index in [2.05, 4.69) is 0 Å². The van der Waals surface area contributed by atoms with Crippen LogP contribution in [-0.4, -0.2) is 59.5 Å². The molecule has 0 aromatic heterocycles. The third-order valence-electron chi connectivity index (χ3n) is 5.67. The molecule has 0 aliphatic rings. The highest BCUT2D eigenvalue weighted by molar-refractivity contribution is 5.33. The summed E-state index contributed by atoms with van der Waals surface area (Å²) in [7, 11) is 0. The maximum Gasteiger partial charge on any atom is 0.460 e. The van der Waals surface area contributed by atoms with Crippen LogP contribution >= 0.6 is 0 Å². The Morgan fingerprint density at radius 2 is 0.500 bits per heavy atom. The van der Waals surface area contributed by atoms with E-state index in [1.54, 1.807) is 0 Å². The molecule has 1 aromatic carbocycles. The summed E-state index contributed by atoms with van der Waals surface area (Å²) in [5, 5.41) is 0. The molecule has 0 heterocycles. The molecule has 25 heteroatoms. The smallest absolute Gasteiger partial charge is 0.200 e. The van der Waals surface area contributed by atoms with Crippen molar-refractivity contribution in [1.82, 2.24) is 0 Å². The minimum atomic E-state index is -8.42. The van der Waals surface area contributed by atoms with E-state index in [1.807, 2.05) is 0 Å². The van der Waals surface area contributed by atoms with Gasteiger partial charge in [-0.15, -0.1) is 0 Å². The molecule has 44 heavy (non-hydrogen) atoms. The van der Waals surface area contributed by atoms with Gasteiger partial charge in [0.2, 0.25) is 0 Å². The summed E-state index contributed by atoms with van der Waals surface area (Å²) in [5.41, 5.74) is -6.20. The van der Waals surface area contributed by atoms with Crippen LogP contribution in [0.5, 0.6) is 0 Å². The average Bonchev–Trinajstić information content (AvgIpc) is 2.81. The lowest BCUT2D eigenvalue weighted by Gasteiger charge is -2.41. The zero-order valence-electron chi connectivity index (χ0n) is 19.8. The first-order valence-electron chi connectivity index (χ1n) is 10.0. The molecule has 0 aliphatic carbocycles. The maximum atomic E-state index is 14.2. The number of rotatable bonds is 11. The zero-order chi connectivity index (χ0) is 36.0. The van der Waals surface area contributed by atoms with Crippen LogP contribution in [0.1, 0.15) is 18.1 Å². The molecule has 0 aliphatic heterocycles. The molecule has 0 spiro atoms. The van der Waals surface area contributed by atoms with Crippen molar-refractivity contribution in [3.63, 3.8) is 0 Å². The molecule has 0 N–H and O–H groups in total. The Hall–Kier alpha value is -2.53. The van der Waals surface area contributed by atoms with Crippen LogP contribution in [-0.2, 0) is 11.8 Å². The normalized spacial score (nSPS) is 16.4. The molecule has 1 aromatic rings. The highest BCUT2D eigenvalue weighted by atomic mass is 19.4. The van der Waals surface area contributed by atoms with Crippen molar-refractivity contribution in [2.24, 2.45) is 0 Å². The first-order chi connectivity index (χ1) is 18.7. The van der Waals surface area contributed by atoms with Crippen molar-refractivity contribution < 1.29 is 110 Å². The van der Waals surface area contributed by atoms with Crippen molar-refractivity contribution in [3.05, 3.63) is 35.4 Å². The lowest BCUT2D eigenvalue weighted by molar-refractivity contribution is -0.441. The van der Waals surface area contributed by atoms with Gasteiger partial charge in [0.25, 0.3) is 0 Å². The predicted molar refractivity (Wildman–Crippen MR) is 90.5 cm³/mol. The Balaban J connectivity index is 3.72. The summed E-state index contributed by atoms with van der Waals surface area (Å²) in [6, 6.07) is -5.05. The van der Waals surface area contributed by atoms with Gasteiger partial charge in [0, 0.05) is 18.1 Å². The van der Waals surface area contributed by atoms with Crippen LogP contribution in [0, 0.1) is 0 Å². The second kappa shape index (κ2) is 9.98. The Labute approximate surface area is 224 Å². The molecule has 0 saturated heterocycles. The van der Waals surface area contributed by atoms with E-state index in [0.29, 0.717) is 0 Å². The minimum Gasteiger partial charge on any atom is -0.200 e. The van der Waals surface area contributed by atoms with Gasteiger partial charge in [-0.1, -0.05) is 24.3 Å². The molecular formula is C19H7F25. The number of halogens is 25. The third-order valence-corrected chi connectivity index (χ3v) is 5.67. The maximum absolute atomic E-state index is 14.2. The van der Waals surface area contributed by atoms with Crippen LogP contribution in [0.15, 0.2) is 24.3 Å². The third kappa shape index (κ3) is 4.87. The van der Waals surface area contributed by atoms with E-state index in [1.165, 1.54) is 0 Å². The number of alkyl halides is 25. The number of hydrogen-bond donors (Lipinski definition) is 0. The van der Waals surface area contributed by atoms with Crippen molar-refractivity contribution in [2.45, 2.75) is 78.2 Å². The van der Waals surface area contributed by atoms with Crippen molar-refractivity contribution in [2.75, 3.05) is 0 Å². The van der Waals surface area contributed by atoms with Crippen LogP contribution in [0.25, 0.3) is 0 Å². The summed E-state index contributed by atoms with van der Waals surface area (Å²) < 4.78 is 334. The minimum absolute atomic E-state index is 1.24. The van der Waals surface area contributed by atoms with Gasteiger partial charge in [0.05, 0.1) is 0 Å². The van der Waals surface area contributed by atoms with Gasteiger partial charge in [0.1, 0.15) is 0 Å². The van der Waals surface area contributed by atoms with Crippen molar-refractivity contribution in [3.8, 4) is 0 Å². The second-order valence-corrected chi connectivity index (χ2v) is 8.71. The highest BCUT2D eigenvalue weighted by Crippen LogP contribution is 2.64. The Kier molecular flexibility index (Phi) is 8.96. The van der Waals surface area contributed by atoms with E-state index in [9.17, 15) is 110 Å². The fraction of sp³-hybridized carbons (Fsp3) is 0.684. The Morgan fingerprint density at radius 1 is 0.295 bits per heavy atom. The first kappa shape index (κ1) is 39.5. The average molecular weight is 710 g/mol. The molecule has 0 bridgehead atoms. The lowest BCUT2D eigenvalue weighted by Crippen LogP contribution is -2.69. The van der Waals surface area contributed by atoms with E-state index < -0.39 is 114 Å². The van der Waals surface area contributed by atoms with E-state index >= 15 is 0 Å². The molecule has 0 radical (unpaired) electrons.